The molecule has 0 saturated heterocycles. The average Bonchev–Trinajstić information content (AvgIpc) is 2.91. The number of phenolic OH excluding ortho intramolecular Hbond substituents is 2. The van der Waals surface area contributed by atoms with E-state index in [0.29, 0.717) is 5.56 Å². The number of carbonyl (C=O) groups excluding carboxylic acids is 1. The van der Waals surface area contributed by atoms with Crippen LogP contribution in [0, 0.1) is 0 Å². The van der Waals surface area contributed by atoms with Crippen molar-refractivity contribution >= 4 is 5.97 Å². The van der Waals surface area contributed by atoms with Crippen LogP contribution >= 0.6 is 0 Å². The van der Waals surface area contributed by atoms with Gasteiger partial charge in [0.05, 0.1) is 5.56 Å². The first-order valence-electron chi connectivity index (χ1n) is 7.53. The summed E-state index contributed by atoms with van der Waals surface area (Å²) in [6, 6.07) is 20.4. The van der Waals surface area contributed by atoms with Gasteiger partial charge in [-0.2, -0.15) is 0 Å². The van der Waals surface area contributed by atoms with E-state index >= 15 is 0 Å². The molecule has 1 heterocycles. The Labute approximate surface area is 144 Å². The van der Waals surface area contributed by atoms with Crippen molar-refractivity contribution in [1.29, 1.82) is 0 Å². The molecule has 3 aromatic rings. The van der Waals surface area contributed by atoms with Crippen LogP contribution < -0.4 is 0 Å². The van der Waals surface area contributed by atoms with Gasteiger partial charge in [0, 0.05) is 16.7 Å². The Morgan fingerprint density at radius 2 is 1.20 bits per heavy atom. The van der Waals surface area contributed by atoms with E-state index in [2.05, 4.69) is 0 Å². The minimum Gasteiger partial charge on any atom is -0.508 e. The largest absolute Gasteiger partial charge is 0.508 e. The van der Waals surface area contributed by atoms with Gasteiger partial charge in [0.25, 0.3) is 0 Å². The molecule has 3 aromatic carbocycles. The number of fused-ring (bicyclic) bond motifs is 1. The van der Waals surface area contributed by atoms with Gasteiger partial charge in [-0.3, -0.25) is 0 Å². The second-order valence-corrected chi connectivity index (χ2v) is 5.71. The van der Waals surface area contributed by atoms with Gasteiger partial charge in [-0.15, -0.1) is 0 Å². The minimum atomic E-state index is -1.10. The van der Waals surface area contributed by atoms with E-state index in [-0.39, 0.29) is 17.0 Å². The SMILES string of the molecule is O.O=C1OC(c2ccc(O)cc2)(c2ccc(O)cc2)c2ccccc21. The molecule has 1 aliphatic rings. The highest BCUT2D eigenvalue weighted by Gasteiger charge is 2.48. The summed E-state index contributed by atoms with van der Waals surface area (Å²) in [5, 5.41) is 19.2. The van der Waals surface area contributed by atoms with Gasteiger partial charge in [0.15, 0.2) is 5.60 Å². The number of carbonyl (C=O) groups is 1. The summed E-state index contributed by atoms with van der Waals surface area (Å²) in [5.41, 5.74) is 1.60. The van der Waals surface area contributed by atoms with Gasteiger partial charge in [-0.1, -0.05) is 42.5 Å². The second kappa shape index (κ2) is 5.96. The van der Waals surface area contributed by atoms with Gasteiger partial charge in [0.1, 0.15) is 11.5 Å². The van der Waals surface area contributed by atoms with Crippen molar-refractivity contribution in [2.45, 2.75) is 5.60 Å². The molecule has 0 atom stereocenters. The molecule has 5 nitrogen and oxygen atoms in total. The monoisotopic (exact) mass is 336 g/mol. The van der Waals surface area contributed by atoms with Gasteiger partial charge in [0.2, 0.25) is 0 Å². The van der Waals surface area contributed by atoms with Crippen LogP contribution in [0.1, 0.15) is 27.0 Å². The van der Waals surface area contributed by atoms with Crippen LogP contribution in [0.4, 0.5) is 0 Å². The van der Waals surface area contributed by atoms with Crippen LogP contribution in [0.3, 0.4) is 0 Å². The second-order valence-electron chi connectivity index (χ2n) is 5.71. The summed E-state index contributed by atoms with van der Waals surface area (Å²) in [6.45, 7) is 0. The van der Waals surface area contributed by atoms with Gasteiger partial charge >= 0.3 is 5.97 Å². The van der Waals surface area contributed by atoms with Crippen molar-refractivity contribution in [3.63, 3.8) is 0 Å². The topological polar surface area (TPSA) is 98.3 Å². The molecule has 1 aliphatic heterocycles. The van der Waals surface area contributed by atoms with Gasteiger partial charge in [-0.25, -0.2) is 4.79 Å². The molecule has 126 valence electrons. The van der Waals surface area contributed by atoms with Crippen molar-refractivity contribution in [1.82, 2.24) is 0 Å². The summed E-state index contributed by atoms with van der Waals surface area (Å²) in [4.78, 5) is 12.4. The maximum atomic E-state index is 12.4. The van der Waals surface area contributed by atoms with Crippen LogP contribution in [-0.2, 0) is 10.3 Å². The standard InChI is InChI=1S/C20H14O4.H2O/c21-15-9-5-13(6-10-15)20(14-7-11-16(22)12-8-14)18-4-2-1-3-17(18)19(23)24-20;/h1-12,21-22H;1H2. The molecule has 0 radical (unpaired) electrons. The van der Waals surface area contributed by atoms with Crippen LogP contribution in [0.5, 0.6) is 11.5 Å². The molecule has 25 heavy (non-hydrogen) atoms. The molecule has 0 bridgehead atoms. The number of hydrogen-bond acceptors (Lipinski definition) is 4. The molecule has 0 amide bonds. The van der Waals surface area contributed by atoms with Gasteiger partial charge in [-0.05, 0) is 30.3 Å². The first-order chi connectivity index (χ1) is 11.6. The Balaban J connectivity index is 0.00000182. The van der Waals surface area contributed by atoms with E-state index in [0.717, 1.165) is 16.7 Å². The zero-order valence-corrected chi connectivity index (χ0v) is 13.1. The highest BCUT2D eigenvalue weighted by Crippen LogP contribution is 2.47. The van der Waals surface area contributed by atoms with Gasteiger partial charge < -0.3 is 20.4 Å². The minimum absolute atomic E-state index is 0. The van der Waals surface area contributed by atoms with E-state index in [9.17, 15) is 15.0 Å². The van der Waals surface area contributed by atoms with Crippen LogP contribution in [0.15, 0.2) is 72.8 Å². The highest BCUT2D eigenvalue weighted by atomic mass is 16.6. The molecule has 0 saturated carbocycles. The molecule has 0 unspecified atom stereocenters. The zero-order chi connectivity index (χ0) is 16.7. The lowest BCUT2D eigenvalue weighted by Crippen LogP contribution is -2.29. The number of esters is 1. The number of rotatable bonds is 2. The van der Waals surface area contributed by atoms with Crippen LogP contribution in [0.25, 0.3) is 0 Å². The van der Waals surface area contributed by atoms with Crippen molar-refractivity contribution in [3.05, 3.63) is 95.1 Å². The summed E-state index contributed by atoms with van der Waals surface area (Å²) in [6.07, 6.45) is 0. The third-order valence-corrected chi connectivity index (χ3v) is 4.32. The van der Waals surface area contributed by atoms with E-state index in [1.807, 2.05) is 12.1 Å². The first kappa shape index (κ1) is 16.5. The molecular formula is C20H16O5. The smallest absolute Gasteiger partial charge is 0.340 e. The number of aromatic hydroxyl groups is 2. The van der Waals surface area contributed by atoms with E-state index in [4.69, 9.17) is 4.74 Å². The number of hydrogen-bond donors (Lipinski definition) is 2. The third kappa shape index (κ3) is 2.42. The van der Waals surface area contributed by atoms with Crippen molar-refractivity contribution in [3.8, 4) is 11.5 Å². The number of benzene rings is 3. The molecule has 4 N–H and O–H groups in total. The quantitative estimate of drug-likeness (QED) is 0.703. The Kier molecular flexibility index (Phi) is 3.94. The Morgan fingerprint density at radius 1 is 0.720 bits per heavy atom. The molecule has 0 aromatic heterocycles. The predicted molar refractivity (Wildman–Crippen MR) is 91.6 cm³/mol. The summed E-state index contributed by atoms with van der Waals surface area (Å²) in [7, 11) is 0. The fourth-order valence-corrected chi connectivity index (χ4v) is 3.20. The number of phenols is 2. The summed E-state index contributed by atoms with van der Waals surface area (Å²) in [5.74, 6) is -0.124. The maximum Gasteiger partial charge on any atom is 0.340 e. The molecule has 0 aliphatic carbocycles. The molecule has 5 heteroatoms. The van der Waals surface area contributed by atoms with Crippen molar-refractivity contribution in [2.75, 3.05) is 0 Å². The summed E-state index contributed by atoms with van der Waals surface area (Å²) < 4.78 is 5.87. The maximum absolute atomic E-state index is 12.4. The average molecular weight is 336 g/mol. The lowest BCUT2D eigenvalue weighted by atomic mass is 9.80. The van der Waals surface area contributed by atoms with Crippen LogP contribution in [0.2, 0.25) is 0 Å². The van der Waals surface area contributed by atoms with E-state index < -0.39 is 11.6 Å². The lowest BCUT2D eigenvalue weighted by Gasteiger charge is -2.30. The Bertz CT molecular complexity index is 868. The first-order valence-corrected chi connectivity index (χ1v) is 7.53. The fourth-order valence-electron chi connectivity index (χ4n) is 3.20. The summed E-state index contributed by atoms with van der Waals surface area (Å²) >= 11 is 0. The van der Waals surface area contributed by atoms with E-state index in [1.54, 1.807) is 60.7 Å². The molecular weight excluding hydrogens is 320 g/mol. The predicted octanol–water partition coefficient (Wildman–Crippen LogP) is 2.74. The number of ether oxygens (including phenoxy) is 1. The highest BCUT2D eigenvalue weighted by molar-refractivity contribution is 5.96. The van der Waals surface area contributed by atoms with Crippen molar-refractivity contribution in [2.24, 2.45) is 0 Å². The normalized spacial score (nSPS) is 14.3. The number of cyclic esters (lactones) is 1. The van der Waals surface area contributed by atoms with E-state index in [1.165, 1.54) is 0 Å². The zero-order valence-electron chi connectivity index (χ0n) is 13.1. The lowest BCUT2D eigenvalue weighted by molar-refractivity contribution is 0.0251. The Hall–Kier alpha value is -3.31. The third-order valence-electron chi connectivity index (χ3n) is 4.32. The molecule has 4 rings (SSSR count). The molecule has 0 fully saturated rings. The Morgan fingerprint density at radius 3 is 1.72 bits per heavy atom. The molecule has 0 spiro atoms. The fraction of sp³-hybridized carbons (Fsp3) is 0.0500. The van der Waals surface area contributed by atoms with Crippen LogP contribution in [-0.4, -0.2) is 21.7 Å². The van der Waals surface area contributed by atoms with Crippen molar-refractivity contribution < 1.29 is 25.2 Å².